The highest BCUT2D eigenvalue weighted by molar-refractivity contribution is 5.76. The van der Waals surface area contributed by atoms with Gasteiger partial charge in [-0.3, -0.25) is 0 Å². The van der Waals surface area contributed by atoms with Crippen molar-refractivity contribution in [2.24, 2.45) is 5.92 Å². The van der Waals surface area contributed by atoms with Crippen molar-refractivity contribution in [1.82, 2.24) is 15.3 Å². The molecule has 2 aromatic rings. The predicted molar refractivity (Wildman–Crippen MR) is 65.5 cm³/mol. The van der Waals surface area contributed by atoms with Crippen LogP contribution in [0.2, 0.25) is 0 Å². The van der Waals surface area contributed by atoms with Gasteiger partial charge in [0.1, 0.15) is 5.82 Å². The van der Waals surface area contributed by atoms with E-state index in [0.717, 1.165) is 24.6 Å². The van der Waals surface area contributed by atoms with Crippen LogP contribution in [-0.4, -0.2) is 16.5 Å². The highest BCUT2D eigenvalue weighted by atomic mass is 19.4. The third-order valence-corrected chi connectivity index (χ3v) is 3.28. The first kappa shape index (κ1) is 12.5. The first-order valence-corrected chi connectivity index (χ1v) is 6.29. The maximum Gasteiger partial charge on any atom is 0.416 e. The number of hydrogen-bond acceptors (Lipinski definition) is 2. The molecule has 3 nitrogen and oxygen atoms in total. The molecule has 0 unspecified atom stereocenters. The molecule has 0 spiro atoms. The zero-order valence-corrected chi connectivity index (χ0v) is 10.2. The minimum Gasteiger partial charge on any atom is -0.341 e. The molecule has 0 atom stereocenters. The van der Waals surface area contributed by atoms with Crippen LogP contribution in [0.4, 0.5) is 13.2 Å². The topological polar surface area (TPSA) is 40.7 Å². The summed E-state index contributed by atoms with van der Waals surface area (Å²) >= 11 is 0. The average molecular weight is 269 g/mol. The molecule has 1 aromatic heterocycles. The molecule has 0 amide bonds. The van der Waals surface area contributed by atoms with Crippen LogP contribution in [0, 0.1) is 5.92 Å². The maximum absolute atomic E-state index is 12.6. The molecule has 102 valence electrons. The molecule has 0 bridgehead atoms. The number of rotatable bonds is 4. The van der Waals surface area contributed by atoms with Crippen molar-refractivity contribution in [3.8, 4) is 0 Å². The lowest BCUT2D eigenvalue weighted by Gasteiger charge is -2.05. The number of benzene rings is 1. The first-order chi connectivity index (χ1) is 9.02. The van der Waals surface area contributed by atoms with Gasteiger partial charge in [0.2, 0.25) is 0 Å². The summed E-state index contributed by atoms with van der Waals surface area (Å²) in [6.45, 7) is 1.51. The molecule has 1 aromatic carbocycles. The van der Waals surface area contributed by atoms with E-state index in [1.807, 2.05) is 0 Å². The molecular formula is C13H14F3N3. The van der Waals surface area contributed by atoms with Crippen LogP contribution in [-0.2, 0) is 12.7 Å². The fourth-order valence-corrected chi connectivity index (χ4v) is 2.04. The van der Waals surface area contributed by atoms with E-state index in [-0.39, 0.29) is 0 Å². The molecule has 0 aliphatic heterocycles. The molecule has 0 radical (unpaired) electrons. The highest BCUT2D eigenvalue weighted by Crippen LogP contribution is 2.31. The van der Waals surface area contributed by atoms with E-state index in [0.29, 0.717) is 23.4 Å². The van der Waals surface area contributed by atoms with Gasteiger partial charge < -0.3 is 10.3 Å². The Labute approximate surface area is 108 Å². The fourth-order valence-electron chi connectivity index (χ4n) is 2.04. The van der Waals surface area contributed by atoms with Crippen LogP contribution in [0.1, 0.15) is 24.2 Å². The van der Waals surface area contributed by atoms with Crippen LogP contribution < -0.4 is 5.32 Å². The summed E-state index contributed by atoms with van der Waals surface area (Å²) in [4.78, 5) is 7.20. The second-order valence-corrected chi connectivity index (χ2v) is 4.99. The number of imidazole rings is 1. The van der Waals surface area contributed by atoms with Crippen molar-refractivity contribution in [3.05, 3.63) is 29.6 Å². The standard InChI is InChI=1S/C13H14F3N3/c14-13(15,16)9-3-4-10-11(5-9)19-12(18-10)7-17-6-8-1-2-8/h3-5,8,17H,1-2,6-7H2,(H,18,19). The van der Waals surface area contributed by atoms with E-state index in [1.54, 1.807) is 0 Å². The molecule has 3 rings (SSSR count). The quantitative estimate of drug-likeness (QED) is 0.895. The van der Waals surface area contributed by atoms with Crippen molar-refractivity contribution in [3.63, 3.8) is 0 Å². The van der Waals surface area contributed by atoms with E-state index >= 15 is 0 Å². The molecule has 1 fully saturated rings. The lowest BCUT2D eigenvalue weighted by Crippen LogP contribution is -2.16. The highest BCUT2D eigenvalue weighted by Gasteiger charge is 2.30. The lowest BCUT2D eigenvalue weighted by atomic mass is 10.2. The van der Waals surface area contributed by atoms with Gasteiger partial charge in [-0.15, -0.1) is 0 Å². The van der Waals surface area contributed by atoms with Gasteiger partial charge in [0.05, 0.1) is 23.1 Å². The molecule has 1 aliphatic rings. The number of H-pyrrole nitrogens is 1. The van der Waals surface area contributed by atoms with E-state index in [4.69, 9.17) is 0 Å². The summed E-state index contributed by atoms with van der Waals surface area (Å²) in [5, 5.41) is 3.25. The Morgan fingerprint density at radius 2 is 2.11 bits per heavy atom. The largest absolute Gasteiger partial charge is 0.416 e. The van der Waals surface area contributed by atoms with E-state index in [2.05, 4.69) is 15.3 Å². The maximum atomic E-state index is 12.6. The molecule has 1 saturated carbocycles. The number of fused-ring (bicyclic) bond motifs is 1. The zero-order chi connectivity index (χ0) is 13.5. The number of aromatic amines is 1. The number of nitrogens with one attached hydrogen (secondary N) is 2. The lowest BCUT2D eigenvalue weighted by molar-refractivity contribution is -0.137. The molecular weight excluding hydrogens is 255 g/mol. The number of alkyl halides is 3. The SMILES string of the molecule is FC(F)(F)c1ccc2nc(CNCC3CC3)[nH]c2c1. The van der Waals surface area contributed by atoms with Crippen LogP contribution in [0.3, 0.4) is 0 Å². The summed E-state index contributed by atoms with van der Waals surface area (Å²) in [6.07, 6.45) is -1.78. The minimum atomic E-state index is -4.32. The normalized spacial score (nSPS) is 16.2. The summed E-state index contributed by atoms with van der Waals surface area (Å²) in [7, 11) is 0. The summed E-state index contributed by atoms with van der Waals surface area (Å²) in [6, 6.07) is 3.57. The Morgan fingerprint density at radius 3 is 2.79 bits per heavy atom. The Bertz CT molecular complexity index is 584. The third kappa shape index (κ3) is 2.89. The molecule has 1 heterocycles. The Morgan fingerprint density at radius 1 is 1.32 bits per heavy atom. The Hall–Kier alpha value is -1.56. The third-order valence-electron chi connectivity index (χ3n) is 3.28. The average Bonchev–Trinajstić information content (AvgIpc) is 3.06. The molecule has 0 saturated heterocycles. The predicted octanol–water partition coefficient (Wildman–Crippen LogP) is 3.08. The molecule has 2 N–H and O–H groups in total. The second kappa shape index (κ2) is 4.52. The summed E-state index contributed by atoms with van der Waals surface area (Å²) in [5.74, 6) is 1.44. The van der Waals surface area contributed by atoms with E-state index in [1.165, 1.54) is 18.9 Å². The van der Waals surface area contributed by atoms with Gasteiger partial charge >= 0.3 is 6.18 Å². The summed E-state index contributed by atoms with van der Waals surface area (Å²) in [5.41, 5.74) is 0.343. The van der Waals surface area contributed by atoms with Crippen LogP contribution in [0.5, 0.6) is 0 Å². The van der Waals surface area contributed by atoms with Gasteiger partial charge in [-0.05, 0) is 43.5 Å². The van der Waals surface area contributed by atoms with E-state index in [9.17, 15) is 13.2 Å². The fraction of sp³-hybridized carbons (Fsp3) is 0.462. The zero-order valence-electron chi connectivity index (χ0n) is 10.2. The van der Waals surface area contributed by atoms with Crippen LogP contribution in [0.25, 0.3) is 11.0 Å². The van der Waals surface area contributed by atoms with Crippen molar-refractivity contribution < 1.29 is 13.2 Å². The number of halogens is 3. The Balaban J connectivity index is 1.75. The van der Waals surface area contributed by atoms with Crippen molar-refractivity contribution in [2.45, 2.75) is 25.6 Å². The minimum absolute atomic E-state index is 0.429. The second-order valence-electron chi connectivity index (χ2n) is 4.99. The van der Waals surface area contributed by atoms with Crippen LogP contribution in [0.15, 0.2) is 18.2 Å². The Kier molecular flexibility index (Phi) is 2.97. The molecule has 19 heavy (non-hydrogen) atoms. The smallest absolute Gasteiger partial charge is 0.341 e. The van der Waals surface area contributed by atoms with E-state index < -0.39 is 11.7 Å². The van der Waals surface area contributed by atoms with Crippen molar-refractivity contribution in [1.29, 1.82) is 0 Å². The monoisotopic (exact) mass is 269 g/mol. The first-order valence-electron chi connectivity index (χ1n) is 6.29. The van der Waals surface area contributed by atoms with Gasteiger partial charge in [0.25, 0.3) is 0 Å². The number of hydrogen-bond donors (Lipinski definition) is 2. The van der Waals surface area contributed by atoms with Gasteiger partial charge in [-0.1, -0.05) is 0 Å². The van der Waals surface area contributed by atoms with Gasteiger partial charge in [0, 0.05) is 0 Å². The summed E-state index contributed by atoms with van der Waals surface area (Å²) < 4.78 is 37.7. The van der Waals surface area contributed by atoms with Crippen molar-refractivity contribution >= 4 is 11.0 Å². The molecule has 6 heteroatoms. The number of aromatic nitrogens is 2. The number of nitrogens with zero attached hydrogens (tertiary/aromatic N) is 1. The van der Waals surface area contributed by atoms with Gasteiger partial charge in [0.15, 0.2) is 0 Å². The van der Waals surface area contributed by atoms with Gasteiger partial charge in [-0.25, -0.2) is 4.98 Å². The molecule has 1 aliphatic carbocycles. The van der Waals surface area contributed by atoms with Gasteiger partial charge in [-0.2, -0.15) is 13.2 Å². The van der Waals surface area contributed by atoms with Crippen molar-refractivity contribution in [2.75, 3.05) is 6.54 Å². The van der Waals surface area contributed by atoms with Crippen LogP contribution >= 0.6 is 0 Å².